The van der Waals surface area contributed by atoms with Crippen molar-refractivity contribution < 1.29 is 23.0 Å². The van der Waals surface area contributed by atoms with Gasteiger partial charge in [0.15, 0.2) is 0 Å². The second kappa shape index (κ2) is 16.3. The first-order valence-corrected chi connectivity index (χ1v) is 13.4. The van der Waals surface area contributed by atoms with Crippen LogP contribution in [0.1, 0.15) is 87.1 Å². The third-order valence-electron chi connectivity index (χ3n) is 5.58. The van der Waals surface area contributed by atoms with E-state index in [4.69, 9.17) is 8.92 Å². The van der Waals surface area contributed by atoms with Gasteiger partial charge in [-0.05, 0) is 43.7 Å². The number of aromatic hydroxyl groups is 1. The van der Waals surface area contributed by atoms with Crippen molar-refractivity contribution in [3.8, 4) is 11.5 Å². The first-order valence-electron chi connectivity index (χ1n) is 12.4. The molecule has 0 aromatic heterocycles. The molecule has 0 heterocycles. The van der Waals surface area contributed by atoms with Crippen LogP contribution in [-0.4, -0.2) is 28.6 Å². The molecule has 7 heteroatoms. The van der Waals surface area contributed by atoms with Crippen LogP contribution in [0.25, 0.3) is 0 Å². The Bertz CT molecular complexity index is 885. The minimum absolute atomic E-state index is 0.0286. The van der Waals surface area contributed by atoms with Crippen LogP contribution in [0.2, 0.25) is 0 Å². The number of nitrogens with one attached hydrogen (secondary N) is 1. The maximum Gasteiger partial charge on any atom is 0.256 e. The molecule has 0 aliphatic carbocycles. The zero-order chi connectivity index (χ0) is 24.6. The summed E-state index contributed by atoms with van der Waals surface area (Å²) in [6.45, 7) is 4.83. The number of amides is 1. The normalized spacial score (nSPS) is 11.8. The van der Waals surface area contributed by atoms with Crippen molar-refractivity contribution in [2.45, 2.75) is 83.0 Å². The molecule has 0 saturated carbocycles. The molecule has 188 valence electrons. The number of aryl methyl sites for hydroxylation is 1. The van der Waals surface area contributed by atoms with Crippen molar-refractivity contribution in [1.82, 2.24) is 5.32 Å². The second-order valence-electron chi connectivity index (χ2n) is 8.55. The predicted molar refractivity (Wildman–Crippen MR) is 136 cm³/mol. The smallest absolute Gasteiger partial charge is 0.256 e. The van der Waals surface area contributed by atoms with Crippen molar-refractivity contribution in [2.24, 2.45) is 0 Å². The number of carbonyl (C=O) groups is 1. The highest BCUT2D eigenvalue weighted by molar-refractivity contribution is 7.80. The lowest BCUT2D eigenvalue weighted by molar-refractivity contribution is 0.0780. The second-order valence-corrected chi connectivity index (χ2v) is 9.66. The van der Waals surface area contributed by atoms with Crippen molar-refractivity contribution in [2.75, 3.05) is 13.3 Å². The predicted octanol–water partition coefficient (Wildman–Crippen LogP) is 6.43. The van der Waals surface area contributed by atoms with Gasteiger partial charge in [-0.2, -0.15) is 0 Å². The Morgan fingerprint density at radius 1 is 0.912 bits per heavy atom. The van der Waals surface area contributed by atoms with Gasteiger partial charge in [0, 0.05) is 6.61 Å². The maximum atomic E-state index is 12.5. The minimum Gasteiger partial charge on any atom is -0.507 e. The zero-order valence-electron chi connectivity index (χ0n) is 20.5. The van der Waals surface area contributed by atoms with Crippen LogP contribution in [0.15, 0.2) is 47.4 Å². The summed E-state index contributed by atoms with van der Waals surface area (Å²) in [5, 5.41) is 12.7. The topological polar surface area (TPSA) is 84.9 Å². The van der Waals surface area contributed by atoms with Crippen LogP contribution in [0, 0.1) is 6.92 Å². The van der Waals surface area contributed by atoms with Crippen LogP contribution in [0.5, 0.6) is 11.5 Å². The summed E-state index contributed by atoms with van der Waals surface area (Å²) in [6, 6.07) is 11.4. The van der Waals surface area contributed by atoms with Gasteiger partial charge in [-0.15, -0.1) is 0 Å². The lowest BCUT2D eigenvalue weighted by Gasteiger charge is -2.10. The summed E-state index contributed by atoms with van der Waals surface area (Å²) < 4.78 is 23.5. The molecule has 0 aliphatic rings. The fourth-order valence-electron chi connectivity index (χ4n) is 3.51. The van der Waals surface area contributed by atoms with E-state index in [1.807, 2.05) is 19.1 Å². The summed E-state index contributed by atoms with van der Waals surface area (Å²) in [5.74, 6) is -0.221. The Morgan fingerprint density at radius 2 is 1.53 bits per heavy atom. The van der Waals surface area contributed by atoms with Gasteiger partial charge in [0.2, 0.25) is 11.1 Å². The number of hydrogen-bond acceptors (Lipinski definition) is 5. The number of rotatable bonds is 17. The number of hydrogen-bond donors (Lipinski definition) is 2. The molecule has 0 saturated heterocycles. The van der Waals surface area contributed by atoms with E-state index in [2.05, 4.69) is 12.2 Å². The van der Waals surface area contributed by atoms with Gasteiger partial charge < -0.3 is 19.3 Å². The molecular formula is C27H39NO5S. The molecule has 2 rings (SSSR count). The average molecular weight is 490 g/mol. The van der Waals surface area contributed by atoms with Crippen LogP contribution < -0.4 is 9.50 Å². The van der Waals surface area contributed by atoms with Gasteiger partial charge in [0.25, 0.3) is 5.91 Å². The van der Waals surface area contributed by atoms with Gasteiger partial charge in [-0.1, -0.05) is 82.4 Å². The van der Waals surface area contributed by atoms with Crippen LogP contribution >= 0.6 is 0 Å². The molecule has 0 radical (unpaired) electrons. The monoisotopic (exact) mass is 489 g/mol. The number of carbonyl (C=O) groups excluding carboxylic acids is 1. The van der Waals surface area contributed by atoms with Gasteiger partial charge >= 0.3 is 0 Å². The summed E-state index contributed by atoms with van der Waals surface area (Å²) in [6.07, 6.45) is 12.6. The number of unbranched alkanes of at least 4 members (excludes halogenated alkanes) is 9. The van der Waals surface area contributed by atoms with Crippen LogP contribution in [-0.2, 0) is 15.8 Å². The van der Waals surface area contributed by atoms with E-state index in [0.717, 1.165) is 18.4 Å². The number of phenols is 1. The standard InChI is InChI=1S/C27H39NO5S/c1-3-4-5-6-7-8-9-10-11-12-19-32-21-28-27(30)25-20-24(17-18-26(25)29)34(31)33-23-15-13-22(2)14-16-23/h13-18,20,29H,3-12,19,21H2,1-2H3,(H,28,30). The summed E-state index contributed by atoms with van der Waals surface area (Å²) in [4.78, 5) is 12.7. The molecule has 0 aliphatic heterocycles. The molecule has 6 nitrogen and oxygen atoms in total. The summed E-state index contributed by atoms with van der Waals surface area (Å²) in [7, 11) is 0. The third kappa shape index (κ3) is 10.7. The van der Waals surface area contributed by atoms with E-state index in [9.17, 15) is 14.1 Å². The fourth-order valence-corrected chi connectivity index (χ4v) is 4.28. The largest absolute Gasteiger partial charge is 0.507 e. The van der Waals surface area contributed by atoms with Crippen LogP contribution in [0.4, 0.5) is 0 Å². The Kier molecular flexibility index (Phi) is 13.3. The SMILES string of the molecule is CCCCCCCCCCCCOCNC(=O)c1cc(S(=O)Oc2ccc(C)cc2)ccc1O. The van der Waals surface area contributed by atoms with Gasteiger partial charge in [0.05, 0.1) is 10.5 Å². The number of phenolic OH excluding ortho intramolecular Hbond substituents is 1. The highest BCUT2D eigenvalue weighted by Crippen LogP contribution is 2.22. The third-order valence-corrected chi connectivity index (χ3v) is 6.56. The maximum absolute atomic E-state index is 12.5. The quantitative estimate of drug-likeness (QED) is 0.198. The van der Waals surface area contributed by atoms with Gasteiger partial charge in [-0.25, -0.2) is 4.21 Å². The van der Waals surface area contributed by atoms with Crippen molar-refractivity contribution in [3.63, 3.8) is 0 Å². The number of benzene rings is 2. The average Bonchev–Trinajstić information content (AvgIpc) is 2.83. The van der Waals surface area contributed by atoms with E-state index in [1.165, 1.54) is 69.6 Å². The summed E-state index contributed by atoms with van der Waals surface area (Å²) >= 11 is -1.81. The molecule has 1 amide bonds. The van der Waals surface area contributed by atoms with Gasteiger partial charge in [0.1, 0.15) is 18.2 Å². The molecule has 0 bridgehead atoms. The highest BCUT2D eigenvalue weighted by atomic mass is 32.2. The lowest BCUT2D eigenvalue weighted by Crippen LogP contribution is -2.26. The van der Waals surface area contributed by atoms with Crippen molar-refractivity contribution in [1.29, 1.82) is 0 Å². The van der Waals surface area contributed by atoms with Crippen molar-refractivity contribution >= 4 is 17.0 Å². The Morgan fingerprint density at radius 3 is 2.18 bits per heavy atom. The molecule has 2 aromatic carbocycles. The van der Waals surface area contributed by atoms with E-state index in [0.29, 0.717) is 12.4 Å². The molecule has 0 fully saturated rings. The van der Waals surface area contributed by atoms with E-state index in [-0.39, 0.29) is 22.9 Å². The molecule has 2 N–H and O–H groups in total. The summed E-state index contributed by atoms with van der Waals surface area (Å²) in [5.41, 5.74) is 1.10. The molecule has 1 unspecified atom stereocenters. The van der Waals surface area contributed by atoms with Crippen LogP contribution in [0.3, 0.4) is 0 Å². The molecule has 1 atom stereocenters. The first-order chi connectivity index (χ1) is 16.5. The molecule has 34 heavy (non-hydrogen) atoms. The number of ether oxygens (including phenoxy) is 1. The molecule has 0 spiro atoms. The zero-order valence-corrected chi connectivity index (χ0v) is 21.3. The Labute approximate surface area is 206 Å². The molecule has 2 aromatic rings. The Hall–Kier alpha value is -2.38. The fraction of sp³-hybridized carbons (Fsp3) is 0.519. The van der Waals surface area contributed by atoms with Gasteiger partial charge in [-0.3, -0.25) is 4.79 Å². The highest BCUT2D eigenvalue weighted by Gasteiger charge is 2.15. The van der Waals surface area contributed by atoms with E-state index in [1.54, 1.807) is 12.1 Å². The Balaban J connectivity index is 1.65. The molecular weight excluding hydrogens is 450 g/mol. The van der Waals surface area contributed by atoms with Crippen molar-refractivity contribution in [3.05, 3.63) is 53.6 Å². The van der Waals surface area contributed by atoms with E-state index < -0.39 is 17.0 Å². The van der Waals surface area contributed by atoms with E-state index >= 15 is 0 Å². The minimum atomic E-state index is -1.81. The lowest BCUT2D eigenvalue weighted by atomic mass is 10.1. The first kappa shape index (κ1) is 27.9.